The van der Waals surface area contributed by atoms with E-state index in [-0.39, 0.29) is 17.3 Å². The first-order valence-corrected chi connectivity index (χ1v) is 8.15. The van der Waals surface area contributed by atoms with Gasteiger partial charge >= 0.3 is 5.69 Å². The lowest BCUT2D eigenvalue weighted by Crippen LogP contribution is -2.18. The van der Waals surface area contributed by atoms with Crippen molar-refractivity contribution in [2.75, 3.05) is 11.1 Å². The number of aromatic nitrogens is 3. The van der Waals surface area contributed by atoms with Gasteiger partial charge in [0.1, 0.15) is 0 Å². The van der Waals surface area contributed by atoms with E-state index in [0.29, 0.717) is 11.7 Å². The summed E-state index contributed by atoms with van der Waals surface area (Å²) in [4.78, 5) is 23.6. The molecule has 0 unspecified atom stereocenters. The van der Waals surface area contributed by atoms with E-state index in [1.807, 2.05) is 39.0 Å². The molecule has 1 aromatic heterocycles. The number of thioether (sulfide) groups is 1. The molecule has 7 heteroatoms. The van der Waals surface area contributed by atoms with E-state index in [2.05, 4.69) is 15.5 Å². The Kier molecular flexibility index (Phi) is 5.43. The van der Waals surface area contributed by atoms with E-state index in [4.69, 9.17) is 0 Å². The number of nitrogens with one attached hydrogen (secondary N) is 2. The van der Waals surface area contributed by atoms with Gasteiger partial charge in [-0.2, -0.15) is 0 Å². The Labute approximate surface area is 133 Å². The molecule has 22 heavy (non-hydrogen) atoms. The van der Waals surface area contributed by atoms with Crippen molar-refractivity contribution in [3.05, 3.63) is 39.8 Å². The molecule has 2 N–H and O–H groups in total. The van der Waals surface area contributed by atoms with Crippen LogP contribution in [0.3, 0.4) is 0 Å². The van der Waals surface area contributed by atoms with Crippen LogP contribution in [0.1, 0.15) is 24.5 Å². The van der Waals surface area contributed by atoms with Gasteiger partial charge in [0.25, 0.3) is 0 Å². The number of aryl methyl sites for hydroxylation is 2. The van der Waals surface area contributed by atoms with Gasteiger partial charge < -0.3 is 5.32 Å². The molecular weight excluding hydrogens is 300 g/mol. The summed E-state index contributed by atoms with van der Waals surface area (Å²) in [5, 5.41) is 9.81. The molecule has 2 aromatic rings. The molecule has 0 bridgehead atoms. The summed E-state index contributed by atoms with van der Waals surface area (Å²) in [6.45, 7) is 6.52. The van der Waals surface area contributed by atoms with E-state index < -0.39 is 0 Å². The molecule has 0 saturated carbocycles. The van der Waals surface area contributed by atoms with Crippen LogP contribution in [0.5, 0.6) is 0 Å². The molecule has 1 amide bonds. The Morgan fingerprint density at radius 3 is 2.91 bits per heavy atom. The molecule has 0 radical (unpaired) electrons. The maximum absolute atomic E-state index is 12.1. The average Bonchev–Trinajstić information content (AvgIpc) is 2.82. The van der Waals surface area contributed by atoms with Crippen molar-refractivity contribution in [3.8, 4) is 0 Å². The Morgan fingerprint density at radius 2 is 2.18 bits per heavy atom. The molecule has 2 rings (SSSR count). The van der Waals surface area contributed by atoms with Gasteiger partial charge in [0.2, 0.25) is 5.91 Å². The fourth-order valence-electron chi connectivity index (χ4n) is 2.02. The molecule has 0 spiro atoms. The highest BCUT2D eigenvalue weighted by atomic mass is 32.2. The Morgan fingerprint density at radius 1 is 1.41 bits per heavy atom. The number of anilines is 1. The lowest BCUT2D eigenvalue weighted by molar-refractivity contribution is -0.113. The van der Waals surface area contributed by atoms with Crippen LogP contribution in [0.2, 0.25) is 0 Å². The van der Waals surface area contributed by atoms with Gasteiger partial charge in [-0.25, -0.2) is 9.89 Å². The van der Waals surface area contributed by atoms with Crippen LogP contribution in [-0.4, -0.2) is 26.4 Å². The zero-order chi connectivity index (χ0) is 16.1. The number of aromatic amines is 1. The van der Waals surface area contributed by atoms with Crippen molar-refractivity contribution in [1.82, 2.24) is 14.8 Å². The third-order valence-electron chi connectivity index (χ3n) is 3.17. The topological polar surface area (TPSA) is 79.8 Å². The number of carbonyl (C=O) groups excluding carboxylic acids is 1. The fraction of sp³-hybridized carbons (Fsp3) is 0.400. The van der Waals surface area contributed by atoms with Gasteiger partial charge in [-0.05, 0) is 37.5 Å². The monoisotopic (exact) mass is 320 g/mol. The van der Waals surface area contributed by atoms with Crippen LogP contribution in [0.15, 0.2) is 28.2 Å². The highest BCUT2D eigenvalue weighted by Gasteiger charge is 2.11. The average molecular weight is 320 g/mol. The minimum Gasteiger partial charge on any atom is -0.325 e. The summed E-state index contributed by atoms with van der Waals surface area (Å²) < 4.78 is 1.55. The van der Waals surface area contributed by atoms with Crippen LogP contribution < -0.4 is 11.0 Å². The summed E-state index contributed by atoms with van der Waals surface area (Å²) in [6, 6.07) is 5.93. The quantitative estimate of drug-likeness (QED) is 0.801. The molecule has 0 aliphatic heterocycles. The largest absolute Gasteiger partial charge is 0.343 e. The molecule has 0 fully saturated rings. The van der Waals surface area contributed by atoms with Crippen molar-refractivity contribution in [1.29, 1.82) is 0 Å². The van der Waals surface area contributed by atoms with Gasteiger partial charge in [-0.1, -0.05) is 30.8 Å². The number of hydrogen-bond acceptors (Lipinski definition) is 4. The number of carbonyl (C=O) groups is 1. The summed E-state index contributed by atoms with van der Waals surface area (Å²) in [5.74, 6) is 0.0960. The zero-order valence-electron chi connectivity index (χ0n) is 13.0. The number of nitrogens with zero attached hydrogens (tertiary/aromatic N) is 2. The van der Waals surface area contributed by atoms with Crippen molar-refractivity contribution in [3.63, 3.8) is 0 Å². The van der Waals surface area contributed by atoms with E-state index >= 15 is 0 Å². The first kappa shape index (κ1) is 16.4. The van der Waals surface area contributed by atoms with Crippen LogP contribution in [0.4, 0.5) is 5.69 Å². The molecule has 0 atom stereocenters. The maximum Gasteiger partial charge on any atom is 0.343 e. The molecule has 0 aliphatic rings. The Bertz CT molecular complexity index is 721. The standard InChI is InChI=1S/C15H20N4O2S/c1-4-7-19-14(21)17-18-15(19)22-9-13(20)16-12-8-10(2)5-6-11(12)3/h5-6,8H,4,7,9H2,1-3H3,(H,16,20)(H,17,21). The molecular formula is C15H20N4O2S. The Hall–Kier alpha value is -2.02. The van der Waals surface area contributed by atoms with Crippen molar-refractivity contribution < 1.29 is 4.79 Å². The summed E-state index contributed by atoms with van der Waals surface area (Å²) in [7, 11) is 0. The molecule has 0 aliphatic carbocycles. The number of amides is 1. The van der Waals surface area contributed by atoms with Gasteiger partial charge in [0.05, 0.1) is 5.75 Å². The third-order valence-corrected chi connectivity index (χ3v) is 4.15. The summed E-state index contributed by atoms with van der Waals surface area (Å²) >= 11 is 1.25. The van der Waals surface area contributed by atoms with Gasteiger partial charge in [-0.3, -0.25) is 9.36 Å². The van der Waals surface area contributed by atoms with Crippen LogP contribution >= 0.6 is 11.8 Å². The number of benzene rings is 1. The predicted molar refractivity (Wildman–Crippen MR) is 88.4 cm³/mol. The highest BCUT2D eigenvalue weighted by molar-refractivity contribution is 7.99. The minimum atomic E-state index is -0.237. The van der Waals surface area contributed by atoms with Crippen molar-refractivity contribution >= 4 is 23.4 Å². The smallest absolute Gasteiger partial charge is 0.325 e. The predicted octanol–water partition coefficient (Wildman–Crippen LogP) is 2.33. The first-order chi connectivity index (χ1) is 10.5. The van der Waals surface area contributed by atoms with Gasteiger partial charge in [0.15, 0.2) is 5.16 Å². The number of hydrogen-bond donors (Lipinski definition) is 2. The summed E-state index contributed by atoms with van der Waals surface area (Å²) in [6.07, 6.45) is 0.835. The second-order valence-electron chi connectivity index (χ2n) is 5.12. The first-order valence-electron chi connectivity index (χ1n) is 7.16. The lowest BCUT2D eigenvalue weighted by Gasteiger charge is -2.09. The van der Waals surface area contributed by atoms with Crippen LogP contribution in [0, 0.1) is 13.8 Å². The summed E-state index contributed by atoms with van der Waals surface area (Å²) in [5.41, 5.74) is 2.70. The van der Waals surface area contributed by atoms with E-state index in [0.717, 1.165) is 23.2 Å². The SMILES string of the molecule is CCCn1c(SCC(=O)Nc2cc(C)ccc2C)n[nH]c1=O. The molecule has 1 heterocycles. The van der Waals surface area contributed by atoms with E-state index in [1.165, 1.54) is 11.8 Å². The second-order valence-corrected chi connectivity index (χ2v) is 6.06. The molecule has 6 nitrogen and oxygen atoms in total. The molecule has 0 saturated heterocycles. The van der Waals surface area contributed by atoms with Crippen molar-refractivity contribution in [2.45, 2.75) is 38.9 Å². The van der Waals surface area contributed by atoms with Gasteiger partial charge in [0, 0.05) is 12.2 Å². The van der Waals surface area contributed by atoms with E-state index in [9.17, 15) is 9.59 Å². The second kappa shape index (κ2) is 7.31. The zero-order valence-corrected chi connectivity index (χ0v) is 13.8. The third kappa shape index (κ3) is 4.00. The highest BCUT2D eigenvalue weighted by Crippen LogP contribution is 2.18. The Balaban J connectivity index is 1.98. The normalized spacial score (nSPS) is 10.7. The lowest BCUT2D eigenvalue weighted by atomic mass is 10.1. The number of H-pyrrole nitrogens is 1. The fourth-order valence-corrected chi connectivity index (χ4v) is 2.79. The van der Waals surface area contributed by atoms with Crippen molar-refractivity contribution in [2.24, 2.45) is 0 Å². The van der Waals surface area contributed by atoms with E-state index in [1.54, 1.807) is 4.57 Å². The van der Waals surface area contributed by atoms with Crippen LogP contribution in [0.25, 0.3) is 0 Å². The molecule has 1 aromatic carbocycles. The van der Waals surface area contributed by atoms with Gasteiger partial charge in [-0.15, -0.1) is 5.10 Å². The maximum atomic E-state index is 12.1. The van der Waals surface area contributed by atoms with Crippen LogP contribution in [-0.2, 0) is 11.3 Å². The molecule has 118 valence electrons. The minimum absolute atomic E-state index is 0.114. The number of rotatable bonds is 6.